The number of hydrogen-bond acceptors (Lipinski definition) is 5. The van der Waals surface area contributed by atoms with Crippen molar-refractivity contribution in [2.75, 3.05) is 23.0 Å². The van der Waals surface area contributed by atoms with Crippen molar-refractivity contribution in [3.05, 3.63) is 94.4 Å². The second-order valence-electron chi connectivity index (χ2n) is 7.71. The summed E-state index contributed by atoms with van der Waals surface area (Å²) in [6, 6.07) is 14.4. The zero-order chi connectivity index (χ0) is 24.2. The largest absolute Gasteiger partial charge is 0.378 e. The van der Waals surface area contributed by atoms with Gasteiger partial charge in [0, 0.05) is 42.5 Å². The number of anilines is 3. The van der Waals surface area contributed by atoms with Crippen LogP contribution in [-0.4, -0.2) is 23.7 Å². The summed E-state index contributed by atoms with van der Waals surface area (Å²) in [5.74, 6) is -0.387. The van der Waals surface area contributed by atoms with Crippen LogP contribution in [0.3, 0.4) is 0 Å². The Kier molecular flexibility index (Phi) is 6.65. The number of rotatable bonds is 6. The summed E-state index contributed by atoms with van der Waals surface area (Å²) in [6.45, 7) is 5.53. The lowest BCUT2D eigenvalue weighted by Gasteiger charge is -2.30. The van der Waals surface area contributed by atoms with Crippen molar-refractivity contribution in [3.8, 4) is 16.9 Å². The maximum atomic E-state index is 13.2. The van der Waals surface area contributed by atoms with Gasteiger partial charge in [0.05, 0.1) is 28.1 Å². The first kappa shape index (κ1) is 23.1. The number of halogens is 1. The number of nitrogens with one attached hydrogen (secondary N) is 3. The second-order valence-corrected chi connectivity index (χ2v) is 8.11. The summed E-state index contributed by atoms with van der Waals surface area (Å²) in [4.78, 5) is 29.0. The van der Waals surface area contributed by atoms with Crippen molar-refractivity contribution in [1.82, 2.24) is 4.57 Å². The van der Waals surface area contributed by atoms with Crippen molar-refractivity contribution >= 4 is 40.8 Å². The van der Waals surface area contributed by atoms with E-state index in [0.717, 1.165) is 28.2 Å². The molecule has 1 atom stereocenters. The van der Waals surface area contributed by atoms with Gasteiger partial charge < -0.3 is 16.0 Å². The van der Waals surface area contributed by atoms with Gasteiger partial charge in [0.15, 0.2) is 0 Å². The van der Waals surface area contributed by atoms with Crippen molar-refractivity contribution in [2.24, 2.45) is 4.99 Å². The minimum Gasteiger partial charge on any atom is -0.378 e. The fraction of sp³-hybridized carbons (Fsp3) is 0.115. The summed E-state index contributed by atoms with van der Waals surface area (Å²) < 4.78 is 1.65. The number of fused-ring (bicyclic) bond motifs is 3. The van der Waals surface area contributed by atoms with Crippen LogP contribution in [0.5, 0.6) is 0 Å². The molecule has 0 fully saturated rings. The fourth-order valence-electron chi connectivity index (χ4n) is 3.91. The summed E-state index contributed by atoms with van der Waals surface area (Å²) >= 11 is 6.29. The van der Waals surface area contributed by atoms with Crippen LogP contribution in [0.15, 0.2) is 83.2 Å². The van der Waals surface area contributed by atoms with Crippen LogP contribution in [0.2, 0.25) is 5.02 Å². The molecule has 34 heavy (non-hydrogen) atoms. The predicted molar refractivity (Wildman–Crippen MR) is 141 cm³/mol. The number of allylic oxidation sites excluding steroid dienone is 1. The van der Waals surface area contributed by atoms with E-state index < -0.39 is 0 Å². The molecule has 0 bridgehead atoms. The number of benzene rings is 2. The first-order valence-electron chi connectivity index (χ1n) is 10.7. The minimum absolute atomic E-state index is 0.0129. The van der Waals surface area contributed by atoms with E-state index in [4.69, 9.17) is 11.6 Å². The van der Waals surface area contributed by atoms with E-state index in [1.54, 1.807) is 54.4 Å². The Labute approximate surface area is 202 Å². The lowest BCUT2D eigenvalue weighted by Crippen LogP contribution is -2.25. The first-order valence-corrected chi connectivity index (χ1v) is 11.0. The van der Waals surface area contributed by atoms with E-state index in [9.17, 15) is 9.59 Å². The van der Waals surface area contributed by atoms with Crippen LogP contribution >= 0.6 is 11.6 Å². The number of nitrogens with zero attached hydrogens (tertiary/aromatic N) is 2. The second kappa shape index (κ2) is 9.80. The monoisotopic (exact) mass is 473 g/mol. The van der Waals surface area contributed by atoms with Gasteiger partial charge in [-0.15, -0.1) is 0 Å². The minimum atomic E-state index is -0.387. The molecule has 1 amide bonds. The van der Waals surface area contributed by atoms with Gasteiger partial charge >= 0.3 is 0 Å². The Hall–Kier alpha value is -4.10. The molecule has 172 valence electrons. The van der Waals surface area contributed by atoms with Crippen molar-refractivity contribution < 1.29 is 4.79 Å². The van der Waals surface area contributed by atoms with Gasteiger partial charge in [-0.25, -0.2) is 0 Å². The Balaban J connectivity index is 1.89. The highest BCUT2D eigenvalue weighted by Crippen LogP contribution is 2.42. The van der Waals surface area contributed by atoms with Crippen LogP contribution in [0.25, 0.3) is 16.9 Å². The van der Waals surface area contributed by atoms with E-state index in [1.807, 2.05) is 31.2 Å². The van der Waals surface area contributed by atoms with E-state index in [2.05, 4.69) is 27.5 Å². The number of hydrogen-bond donors (Lipinski definition) is 3. The lowest BCUT2D eigenvalue weighted by atomic mass is 9.93. The van der Waals surface area contributed by atoms with Crippen molar-refractivity contribution in [2.45, 2.75) is 13.0 Å². The highest BCUT2D eigenvalue weighted by molar-refractivity contribution is 6.33. The third-order valence-corrected chi connectivity index (χ3v) is 5.80. The number of aliphatic imine (C=N–C) groups is 1. The topological polar surface area (TPSA) is 87.5 Å². The summed E-state index contributed by atoms with van der Waals surface area (Å²) in [5, 5.41) is 9.79. The third-order valence-electron chi connectivity index (χ3n) is 5.47. The Morgan fingerprint density at radius 3 is 2.79 bits per heavy atom. The Morgan fingerprint density at radius 1 is 1.21 bits per heavy atom. The molecule has 3 aromatic rings. The maximum absolute atomic E-state index is 13.2. The van der Waals surface area contributed by atoms with Crippen LogP contribution in [0, 0.1) is 0 Å². The fourth-order valence-corrected chi connectivity index (χ4v) is 4.07. The molecular weight excluding hydrogens is 450 g/mol. The maximum Gasteiger partial charge on any atom is 0.255 e. The lowest BCUT2D eigenvalue weighted by molar-refractivity contribution is -0.111. The SMILES string of the molecule is C=CC(=O)Nc1cc(-n2c3c(ccc2=O)C(C)Nc2ccc(N/C=C\C=N/C)cc2-3)ccc1Cl. The molecule has 2 heterocycles. The number of pyridine rings is 1. The molecule has 3 N–H and O–H groups in total. The summed E-state index contributed by atoms with van der Waals surface area (Å²) in [6.07, 6.45) is 6.44. The Bertz CT molecular complexity index is 1390. The zero-order valence-corrected chi connectivity index (χ0v) is 19.6. The highest BCUT2D eigenvalue weighted by Gasteiger charge is 2.25. The number of carbonyl (C=O) groups excluding carboxylic acids is 1. The molecule has 0 spiro atoms. The molecular formula is C26H24ClN5O2. The molecule has 1 aromatic heterocycles. The van der Waals surface area contributed by atoms with Gasteiger partial charge in [-0.2, -0.15) is 0 Å². The van der Waals surface area contributed by atoms with Crippen molar-refractivity contribution in [1.29, 1.82) is 0 Å². The van der Waals surface area contributed by atoms with Gasteiger partial charge in [-0.1, -0.05) is 18.2 Å². The molecule has 0 saturated heterocycles. The molecule has 7 nitrogen and oxygen atoms in total. The zero-order valence-electron chi connectivity index (χ0n) is 18.8. The van der Waals surface area contributed by atoms with Crippen LogP contribution < -0.4 is 21.5 Å². The standard InChI is InChI=1S/C26H24ClN5O2/c1-4-24(33)31-23-15-18(7-9-21(23)27)32-25(34)11-8-19-16(2)30-22-10-6-17(14-20(22)26(19)32)29-13-5-12-28-3/h4-16,29-30H,1H2,2-3H3,(H,31,33)/b13-5-,28-12-. The highest BCUT2D eigenvalue weighted by atomic mass is 35.5. The molecule has 1 unspecified atom stereocenters. The smallest absolute Gasteiger partial charge is 0.255 e. The summed E-state index contributed by atoms with van der Waals surface area (Å²) in [7, 11) is 1.71. The quantitative estimate of drug-likeness (QED) is 0.330. The molecule has 0 radical (unpaired) electrons. The van der Waals surface area contributed by atoms with E-state index in [1.165, 1.54) is 6.08 Å². The predicted octanol–water partition coefficient (Wildman–Crippen LogP) is 5.40. The van der Waals surface area contributed by atoms with Crippen LogP contribution in [0.4, 0.5) is 17.1 Å². The van der Waals surface area contributed by atoms with E-state index >= 15 is 0 Å². The molecule has 8 heteroatoms. The average Bonchev–Trinajstić information content (AvgIpc) is 2.83. The average molecular weight is 474 g/mol. The molecule has 2 aromatic carbocycles. The third kappa shape index (κ3) is 4.51. The van der Waals surface area contributed by atoms with Gasteiger partial charge in [-0.3, -0.25) is 19.1 Å². The van der Waals surface area contributed by atoms with Crippen LogP contribution in [-0.2, 0) is 4.79 Å². The molecule has 0 aliphatic carbocycles. The van der Waals surface area contributed by atoms with Gasteiger partial charge in [0.25, 0.3) is 5.56 Å². The van der Waals surface area contributed by atoms with Crippen LogP contribution in [0.1, 0.15) is 18.5 Å². The van der Waals surface area contributed by atoms with Gasteiger partial charge in [-0.05, 0) is 67.1 Å². The molecule has 1 aliphatic rings. The van der Waals surface area contributed by atoms with Gasteiger partial charge in [0.2, 0.25) is 5.91 Å². The normalized spacial score (nSPS) is 14.4. The van der Waals surface area contributed by atoms with Crippen molar-refractivity contribution in [3.63, 3.8) is 0 Å². The number of amides is 1. The number of aromatic nitrogens is 1. The molecule has 1 aliphatic heterocycles. The van der Waals surface area contributed by atoms with E-state index in [0.29, 0.717) is 16.4 Å². The summed E-state index contributed by atoms with van der Waals surface area (Å²) in [5.41, 5.74) is 5.19. The Morgan fingerprint density at radius 2 is 2.03 bits per heavy atom. The molecule has 0 saturated carbocycles. The number of carbonyl (C=O) groups is 1. The first-order chi connectivity index (χ1) is 16.4. The van der Waals surface area contributed by atoms with Gasteiger partial charge in [0.1, 0.15) is 0 Å². The molecule has 4 rings (SSSR count). The van der Waals surface area contributed by atoms with E-state index in [-0.39, 0.29) is 17.5 Å².